The van der Waals surface area contributed by atoms with Crippen molar-refractivity contribution in [2.75, 3.05) is 12.8 Å². The van der Waals surface area contributed by atoms with Crippen molar-refractivity contribution in [3.05, 3.63) is 64.1 Å². The molecule has 19 heavy (non-hydrogen) atoms. The number of thioether (sulfide) groups is 1. The van der Waals surface area contributed by atoms with E-state index in [9.17, 15) is 0 Å². The minimum Gasteiger partial charge on any atom is -0.312 e. The predicted octanol–water partition coefficient (Wildman–Crippen LogP) is 5.05. The smallest absolute Gasteiger partial charge is 0.0541 e. The maximum Gasteiger partial charge on any atom is 0.0541 e. The Balaban J connectivity index is 2.06. The molecule has 1 N–H and O–H groups in total. The van der Waals surface area contributed by atoms with E-state index in [1.54, 1.807) is 11.8 Å². The molecule has 1 nitrogen and oxygen atoms in total. The van der Waals surface area contributed by atoms with Gasteiger partial charge in [-0.1, -0.05) is 47.5 Å². The fourth-order valence-corrected chi connectivity index (χ4v) is 3.39. The summed E-state index contributed by atoms with van der Waals surface area (Å²) in [6.45, 7) is 0. The Bertz CT molecular complexity index is 545. The van der Waals surface area contributed by atoms with Gasteiger partial charge in [0.05, 0.1) is 5.02 Å². The van der Waals surface area contributed by atoms with Crippen LogP contribution in [-0.4, -0.2) is 12.8 Å². The van der Waals surface area contributed by atoms with Crippen LogP contribution in [0.5, 0.6) is 0 Å². The molecule has 2 rings (SSSR count). The fourth-order valence-electron chi connectivity index (χ4n) is 1.80. The minimum atomic E-state index is 0.250. The van der Waals surface area contributed by atoms with E-state index in [1.807, 2.05) is 49.5 Å². The van der Waals surface area contributed by atoms with Crippen LogP contribution in [0.15, 0.2) is 53.4 Å². The molecule has 0 spiro atoms. The van der Waals surface area contributed by atoms with Crippen molar-refractivity contribution in [1.82, 2.24) is 5.32 Å². The molecule has 0 saturated heterocycles. The van der Waals surface area contributed by atoms with Crippen molar-refractivity contribution in [2.24, 2.45) is 0 Å². The Hall–Kier alpha value is -0.670. The molecule has 0 aliphatic carbocycles. The van der Waals surface area contributed by atoms with Gasteiger partial charge in [-0.3, -0.25) is 0 Å². The second kappa shape index (κ2) is 7.20. The van der Waals surface area contributed by atoms with Crippen LogP contribution in [0.1, 0.15) is 11.6 Å². The average molecular weight is 312 g/mol. The molecule has 2 aromatic carbocycles. The Morgan fingerprint density at radius 1 is 1.11 bits per heavy atom. The van der Waals surface area contributed by atoms with Crippen molar-refractivity contribution < 1.29 is 0 Å². The van der Waals surface area contributed by atoms with E-state index in [0.29, 0.717) is 0 Å². The second-order valence-electron chi connectivity index (χ2n) is 4.14. The van der Waals surface area contributed by atoms with E-state index in [1.165, 1.54) is 5.56 Å². The normalized spacial score (nSPS) is 12.4. The van der Waals surface area contributed by atoms with E-state index in [-0.39, 0.29) is 6.04 Å². The monoisotopic (exact) mass is 311 g/mol. The van der Waals surface area contributed by atoms with Gasteiger partial charge in [0.25, 0.3) is 0 Å². The summed E-state index contributed by atoms with van der Waals surface area (Å²) in [6, 6.07) is 16.1. The number of hydrogen-bond acceptors (Lipinski definition) is 2. The number of nitrogens with one attached hydrogen (secondary N) is 1. The van der Waals surface area contributed by atoms with Crippen LogP contribution >= 0.6 is 35.0 Å². The number of rotatable bonds is 5. The molecule has 2 aromatic rings. The van der Waals surface area contributed by atoms with E-state index >= 15 is 0 Å². The van der Waals surface area contributed by atoms with Crippen molar-refractivity contribution in [3.63, 3.8) is 0 Å². The molecule has 0 aromatic heterocycles. The van der Waals surface area contributed by atoms with Crippen LogP contribution in [0, 0.1) is 0 Å². The van der Waals surface area contributed by atoms with Gasteiger partial charge in [0, 0.05) is 21.7 Å². The molecular weight excluding hydrogens is 297 g/mol. The molecule has 100 valence electrons. The van der Waals surface area contributed by atoms with Crippen LogP contribution in [0.4, 0.5) is 0 Å². The quantitative estimate of drug-likeness (QED) is 0.776. The lowest BCUT2D eigenvalue weighted by atomic mass is 10.1. The van der Waals surface area contributed by atoms with Gasteiger partial charge in [-0.05, 0) is 36.9 Å². The van der Waals surface area contributed by atoms with E-state index < -0.39 is 0 Å². The summed E-state index contributed by atoms with van der Waals surface area (Å²) >= 11 is 13.9. The molecule has 0 amide bonds. The van der Waals surface area contributed by atoms with Crippen LogP contribution in [0.25, 0.3) is 0 Å². The first-order valence-corrected chi connectivity index (χ1v) is 7.75. The van der Waals surface area contributed by atoms with E-state index in [4.69, 9.17) is 23.2 Å². The minimum absolute atomic E-state index is 0.250. The third-order valence-electron chi connectivity index (χ3n) is 2.84. The fraction of sp³-hybridized carbons (Fsp3) is 0.200. The summed E-state index contributed by atoms with van der Waals surface area (Å²) in [5.41, 5.74) is 1.19. The molecule has 1 unspecified atom stereocenters. The SMILES string of the molecule is CNC(CSc1ccccc1Cl)c1cccc(Cl)c1. The number of halogens is 2. The number of benzene rings is 2. The largest absolute Gasteiger partial charge is 0.312 e. The lowest BCUT2D eigenvalue weighted by molar-refractivity contribution is 0.662. The topological polar surface area (TPSA) is 12.0 Å². The van der Waals surface area contributed by atoms with Crippen molar-refractivity contribution >= 4 is 35.0 Å². The van der Waals surface area contributed by atoms with Gasteiger partial charge < -0.3 is 5.32 Å². The molecule has 1 atom stereocenters. The first kappa shape index (κ1) is 14.7. The first-order chi connectivity index (χ1) is 9.20. The highest BCUT2D eigenvalue weighted by atomic mass is 35.5. The third-order valence-corrected chi connectivity index (χ3v) is 4.69. The molecule has 0 saturated carbocycles. The molecule has 0 aliphatic rings. The second-order valence-corrected chi connectivity index (χ2v) is 6.04. The third kappa shape index (κ3) is 4.15. The maximum atomic E-state index is 6.16. The molecule has 0 radical (unpaired) electrons. The number of hydrogen-bond donors (Lipinski definition) is 1. The van der Waals surface area contributed by atoms with Crippen molar-refractivity contribution in [2.45, 2.75) is 10.9 Å². The Kier molecular flexibility index (Phi) is 5.59. The summed E-state index contributed by atoms with van der Waals surface area (Å²) in [4.78, 5) is 1.10. The van der Waals surface area contributed by atoms with Crippen molar-refractivity contribution in [3.8, 4) is 0 Å². The van der Waals surface area contributed by atoms with E-state index in [2.05, 4.69) is 11.4 Å². The summed E-state index contributed by atoms with van der Waals surface area (Å²) in [5, 5.41) is 4.88. The van der Waals surface area contributed by atoms with Gasteiger partial charge in [-0.15, -0.1) is 11.8 Å². The van der Waals surface area contributed by atoms with Gasteiger partial charge in [0.1, 0.15) is 0 Å². The van der Waals surface area contributed by atoms with Gasteiger partial charge in [0.15, 0.2) is 0 Å². The summed E-state index contributed by atoms with van der Waals surface area (Å²) in [5.74, 6) is 0.903. The summed E-state index contributed by atoms with van der Waals surface area (Å²) in [6.07, 6.45) is 0. The highest BCUT2D eigenvalue weighted by Gasteiger charge is 2.11. The molecule has 0 fully saturated rings. The van der Waals surface area contributed by atoms with Crippen LogP contribution < -0.4 is 5.32 Å². The highest BCUT2D eigenvalue weighted by molar-refractivity contribution is 7.99. The zero-order chi connectivity index (χ0) is 13.7. The standard InChI is InChI=1S/C15H15Cl2NS/c1-18-14(11-5-4-6-12(16)9-11)10-19-15-8-3-2-7-13(15)17/h2-9,14,18H,10H2,1H3. The van der Waals surface area contributed by atoms with Crippen molar-refractivity contribution in [1.29, 1.82) is 0 Å². The zero-order valence-electron chi connectivity index (χ0n) is 10.6. The lowest BCUT2D eigenvalue weighted by Gasteiger charge is -2.17. The first-order valence-electron chi connectivity index (χ1n) is 6.01. The Morgan fingerprint density at radius 3 is 2.58 bits per heavy atom. The van der Waals surface area contributed by atoms with Crippen LogP contribution in [-0.2, 0) is 0 Å². The average Bonchev–Trinajstić information content (AvgIpc) is 2.41. The van der Waals surface area contributed by atoms with Crippen LogP contribution in [0.3, 0.4) is 0 Å². The van der Waals surface area contributed by atoms with Gasteiger partial charge >= 0.3 is 0 Å². The summed E-state index contributed by atoms with van der Waals surface area (Å²) < 4.78 is 0. The molecular formula is C15H15Cl2NS. The van der Waals surface area contributed by atoms with E-state index in [0.717, 1.165) is 20.7 Å². The predicted molar refractivity (Wildman–Crippen MR) is 85.4 cm³/mol. The molecule has 0 heterocycles. The molecule has 0 aliphatic heterocycles. The van der Waals surface area contributed by atoms with Gasteiger partial charge in [-0.2, -0.15) is 0 Å². The zero-order valence-corrected chi connectivity index (χ0v) is 12.9. The maximum absolute atomic E-state index is 6.16. The Labute approximate surface area is 128 Å². The Morgan fingerprint density at radius 2 is 1.89 bits per heavy atom. The van der Waals surface area contributed by atoms with Crippen LogP contribution in [0.2, 0.25) is 10.0 Å². The molecule has 4 heteroatoms. The van der Waals surface area contributed by atoms with Gasteiger partial charge in [0.2, 0.25) is 0 Å². The highest BCUT2D eigenvalue weighted by Crippen LogP contribution is 2.30. The lowest BCUT2D eigenvalue weighted by Crippen LogP contribution is -2.18. The van der Waals surface area contributed by atoms with Gasteiger partial charge in [-0.25, -0.2) is 0 Å². The summed E-state index contributed by atoms with van der Waals surface area (Å²) in [7, 11) is 1.96. The molecule has 0 bridgehead atoms.